The lowest BCUT2D eigenvalue weighted by Gasteiger charge is -2.21. The molecule has 1 aromatic carbocycles. The summed E-state index contributed by atoms with van der Waals surface area (Å²) in [6.07, 6.45) is 0. The highest BCUT2D eigenvalue weighted by atomic mass is 32.2. The molecule has 1 rings (SSSR count). The maximum Gasteiger partial charge on any atom is 0.0680 e. The van der Waals surface area contributed by atoms with E-state index >= 15 is 0 Å². The Balaban J connectivity index is 3.37. The molecule has 0 radical (unpaired) electrons. The Kier molecular flexibility index (Phi) is 6.33. The highest BCUT2D eigenvalue weighted by Crippen LogP contribution is 2.38. The lowest BCUT2D eigenvalue weighted by molar-refractivity contribution is -0.777. The molecule has 0 bridgehead atoms. The molecule has 0 aliphatic rings. The van der Waals surface area contributed by atoms with Crippen LogP contribution in [0.15, 0.2) is 17.0 Å². The van der Waals surface area contributed by atoms with Gasteiger partial charge in [-0.05, 0) is 34.4 Å². The van der Waals surface area contributed by atoms with Crippen LogP contribution < -0.4 is 5.26 Å². The maximum atomic E-state index is 10.1. The zero-order valence-electron chi connectivity index (χ0n) is 12.5. The minimum absolute atomic E-state index is 0.369. The third-order valence-electron chi connectivity index (χ3n) is 3.22. The molecule has 0 fully saturated rings. The minimum Gasteiger partial charge on any atom is -0.691 e. The standard InChI is InChI=1S/C15H24O3S/c1-9(2)12-7-13(10(3)4)15(19-18-17-16)14(8-12)11(5)6/h7-11,16H,1-6H3/p-1. The van der Waals surface area contributed by atoms with Crippen LogP contribution in [0, 0.1) is 0 Å². The fraction of sp³-hybridized carbons (Fsp3) is 0.600. The molecule has 1 aromatic rings. The fourth-order valence-electron chi connectivity index (χ4n) is 2.03. The molecule has 0 atom stereocenters. The molecule has 0 aliphatic carbocycles. The summed E-state index contributed by atoms with van der Waals surface area (Å²) in [5.41, 5.74) is 3.73. The monoisotopic (exact) mass is 283 g/mol. The highest BCUT2D eigenvalue weighted by molar-refractivity contribution is 7.94. The van der Waals surface area contributed by atoms with Crippen LogP contribution in [0.1, 0.15) is 76.0 Å². The summed E-state index contributed by atoms with van der Waals surface area (Å²) in [4.78, 5) is 1.00. The van der Waals surface area contributed by atoms with Gasteiger partial charge in [-0.25, -0.2) is 0 Å². The van der Waals surface area contributed by atoms with Crippen molar-refractivity contribution < 1.29 is 14.6 Å². The van der Waals surface area contributed by atoms with E-state index in [4.69, 9.17) is 0 Å². The number of benzene rings is 1. The van der Waals surface area contributed by atoms with E-state index in [9.17, 15) is 5.26 Å². The zero-order chi connectivity index (χ0) is 14.6. The first-order chi connectivity index (χ1) is 8.88. The van der Waals surface area contributed by atoms with Gasteiger partial charge in [0.25, 0.3) is 0 Å². The molecule has 4 heteroatoms. The van der Waals surface area contributed by atoms with Gasteiger partial charge in [-0.3, -0.25) is 5.04 Å². The van der Waals surface area contributed by atoms with Gasteiger partial charge in [0.1, 0.15) is 0 Å². The van der Waals surface area contributed by atoms with Crippen molar-refractivity contribution in [3.63, 3.8) is 0 Å². The topological polar surface area (TPSA) is 41.5 Å². The van der Waals surface area contributed by atoms with Crippen LogP contribution in [-0.2, 0) is 9.37 Å². The van der Waals surface area contributed by atoms with E-state index in [1.807, 2.05) is 0 Å². The second kappa shape index (κ2) is 7.29. The average Bonchev–Trinajstić information content (AvgIpc) is 2.34. The molecule has 19 heavy (non-hydrogen) atoms. The summed E-state index contributed by atoms with van der Waals surface area (Å²) in [6, 6.07) is 4.41. The van der Waals surface area contributed by atoms with Crippen LogP contribution in [0.25, 0.3) is 0 Å². The van der Waals surface area contributed by atoms with E-state index < -0.39 is 0 Å². The first-order valence-corrected chi connectivity index (χ1v) is 7.43. The summed E-state index contributed by atoms with van der Waals surface area (Å²) in [6.45, 7) is 13.0. The second-order valence-electron chi connectivity index (χ2n) is 5.71. The molecule has 0 unspecified atom stereocenters. The Morgan fingerprint density at radius 3 is 1.68 bits per heavy atom. The molecular formula is C15H23O3S-. The van der Waals surface area contributed by atoms with E-state index in [1.54, 1.807) is 0 Å². The Morgan fingerprint density at radius 2 is 1.37 bits per heavy atom. The van der Waals surface area contributed by atoms with Crippen LogP contribution >= 0.6 is 12.0 Å². The van der Waals surface area contributed by atoms with Crippen molar-refractivity contribution in [1.29, 1.82) is 0 Å². The van der Waals surface area contributed by atoms with Gasteiger partial charge in [-0.15, -0.1) is 0 Å². The van der Waals surface area contributed by atoms with Crippen LogP contribution in [0.3, 0.4) is 0 Å². The Labute approximate surface area is 120 Å². The molecule has 0 aromatic heterocycles. The first-order valence-electron chi connectivity index (χ1n) is 6.69. The quantitative estimate of drug-likeness (QED) is 0.444. The van der Waals surface area contributed by atoms with E-state index in [1.165, 1.54) is 16.7 Å². The molecule has 0 N–H and O–H groups in total. The largest absolute Gasteiger partial charge is 0.691 e. The van der Waals surface area contributed by atoms with Crippen LogP contribution in [0.4, 0.5) is 0 Å². The lowest BCUT2D eigenvalue weighted by atomic mass is 9.89. The summed E-state index contributed by atoms with van der Waals surface area (Å²) in [7, 11) is 0. The van der Waals surface area contributed by atoms with Gasteiger partial charge >= 0.3 is 0 Å². The van der Waals surface area contributed by atoms with Gasteiger partial charge < -0.3 is 5.26 Å². The fourth-order valence-corrected chi connectivity index (χ4v) is 2.91. The second-order valence-corrected chi connectivity index (χ2v) is 6.42. The molecule has 0 aliphatic heterocycles. The number of hydrogen-bond acceptors (Lipinski definition) is 4. The molecule has 0 saturated heterocycles. The molecular weight excluding hydrogens is 260 g/mol. The summed E-state index contributed by atoms with van der Waals surface area (Å²) < 4.78 is 4.56. The Bertz CT molecular complexity index is 385. The SMILES string of the molecule is CC(C)c1cc(C(C)C)c(SOO[O-])c(C(C)C)c1. The maximum absolute atomic E-state index is 10.1. The van der Waals surface area contributed by atoms with Crippen molar-refractivity contribution in [2.24, 2.45) is 0 Å². The third-order valence-corrected chi connectivity index (χ3v) is 3.99. The van der Waals surface area contributed by atoms with Crippen molar-refractivity contribution in [3.05, 3.63) is 28.8 Å². The van der Waals surface area contributed by atoms with E-state index in [2.05, 4.69) is 63.0 Å². The average molecular weight is 283 g/mol. The predicted octanol–water partition coefficient (Wildman–Crippen LogP) is 4.29. The molecule has 0 amide bonds. The normalized spacial score (nSPS) is 11.9. The number of rotatable bonds is 6. The molecule has 0 saturated carbocycles. The van der Waals surface area contributed by atoms with E-state index in [-0.39, 0.29) is 0 Å². The van der Waals surface area contributed by atoms with Crippen molar-refractivity contribution in [1.82, 2.24) is 0 Å². The third kappa shape index (κ3) is 4.21. The van der Waals surface area contributed by atoms with Gasteiger partial charge in [0.2, 0.25) is 0 Å². The van der Waals surface area contributed by atoms with Gasteiger partial charge in [-0.2, -0.15) is 4.33 Å². The number of hydrogen-bond donors (Lipinski definition) is 0. The van der Waals surface area contributed by atoms with Gasteiger partial charge in [0.05, 0.1) is 12.0 Å². The smallest absolute Gasteiger partial charge is 0.0680 e. The van der Waals surface area contributed by atoms with Crippen molar-refractivity contribution in [3.8, 4) is 0 Å². The van der Waals surface area contributed by atoms with Crippen molar-refractivity contribution in [2.75, 3.05) is 0 Å². The highest BCUT2D eigenvalue weighted by Gasteiger charge is 2.18. The summed E-state index contributed by atoms with van der Waals surface area (Å²) in [5.74, 6) is 1.22. The van der Waals surface area contributed by atoms with Crippen molar-refractivity contribution in [2.45, 2.75) is 64.2 Å². The molecule has 3 nitrogen and oxygen atoms in total. The zero-order valence-corrected chi connectivity index (χ0v) is 13.3. The Morgan fingerprint density at radius 1 is 0.895 bits per heavy atom. The molecule has 108 valence electrons. The molecule has 0 heterocycles. The predicted molar refractivity (Wildman–Crippen MR) is 76.7 cm³/mol. The van der Waals surface area contributed by atoms with E-state index in [0.717, 1.165) is 16.9 Å². The molecule has 0 spiro atoms. The van der Waals surface area contributed by atoms with Crippen LogP contribution in [0.2, 0.25) is 0 Å². The summed E-state index contributed by atoms with van der Waals surface area (Å²) in [5, 5.41) is 13.6. The Hall–Kier alpha value is -0.550. The summed E-state index contributed by atoms with van der Waals surface area (Å²) >= 11 is 1.02. The minimum atomic E-state index is 0.369. The van der Waals surface area contributed by atoms with Crippen molar-refractivity contribution >= 4 is 12.0 Å². The van der Waals surface area contributed by atoms with Gasteiger partial charge in [0, 0.05) is 4.90 Å². The first kappa shape index (κ1) is 16.5. The van der Waals surface area contributed by atoms with Gasteiger partial charge in [-0.1, -0.05) is 53.7 Å². The van der Waals surface area contributed by atoms with Crippen LogP contribution in [-0.4, -0.2) is 0 Å². The van der Waals surface area contributed by atoms with Gasteiger partial charge in [0.15, 0.2) is 0 Å². The van der Waals surface area contributed by atoms with Crippen LogP contribution in [0.5, 0.6) is 0 Å². The lowest BCUT2D eigenvalue weighted by Crippen LogP contribution is -2.05. The van der Waals surface area contributed by atoms with E-state index in [0.29, 0.717) is 17.8 Å².